The van der Waals surface area contributed by atoms with E-state index in [1.807, 2.05) is 0 Å². The number of methoxy groups -OCH3 is 1. The Morgan fingerprint density at radius 1 is 1.38 bits per heavy atom. The van der Waals surface area contributed by atoms with Gasteiger partial charge in [0.2, 0.25) is 5.11 Å². The first kappa shape index (κ1) is 19.8. The van der Waals surface area contributed by atoms with Gasteiger partial charge >= 0.3 is 6.03 Å². The summed E-state index contributed by atoms with van der Waals surface area (Å²) in [5.41, 5.74) is 5.45. The van der Waals surface area contributed by atoms with E-state index in [0.717, 1.165) is 0 Å². The van der Waals surface area contributed by atoms with Crippen molar-refractivity contribution in [1.29, 1.82) is 0 Å². The number of carbonyl (C=O) groups excluding carboxylic acids is 2. The molecule has 1 fully saturated rings. The van der Waals surface area contributed by atoms with Gasteiger partial charge in [-0.05, 0) is 44.1 Å². The minimum absolute atomic E-state index is 0.00602. The second-order valence-corrected chi connectivity index (χ2v) is 6.35. The van der Waals surface area contributed by atoms with Crippen LogP contribution in [0.25, 0.3) is 0 Å². The highest BCUT2D eigenvalue weighted by molar-refractivity contribution is 7.80. The van der Waals surface area contributed by atoms with Gasteiger partial charge in [0.1, 0.15) is 11.6 Å². The van der Waals surface area contributed by atoms with Gasteiger partial charge in [0, 0.05) is 25.1 Å². The number of hydrogen-bond donors (Lipinski definition) is 2. The Kier molecular flexibility index (Phi) is 6.62. The van der Waals surface area contributed by atoms with Crippen molar-refractivity contribution < 1.29 is 18.7 Å². The third kappa shape index (κ3) is 4.98. The molecule has 1 heterocycles. The van der Waals surface area contributed by atoms with Gasteiger partial charge in [-0.2, -0.15) is 0 Å². The number of ketones is 1. The summed E-state index contributed by atoms with van der Waals surface area (Å²) >= 11 is 4.91. The minimum atomic E-state index is -0.602. The van der Waals surface area contributed by atoms with Crippen LogP contribution >= 0.6 is 12.2 Å². The molecule has 1 saturated heterocycles. The molecule has 26 heavy (non-hydrogen) atoms. The second kappa shape index (κ2) is 8.70. The molecule has 2 rings (SSSR count). The Hall–Kier alpha value is -2.55. The number of likely N-dealkylation sites (tertiary alicyclic amines) is 1. The summed E-state index contributed by atoms with van der Waals surface area (Å²) < 4.78 is 19.0. The number of aliphatic imine (C=N–C) groups is 1. The standard InChI is InChI=1S/C17H21FN4O3S/c1-10(19)20-16(26)21-17(24)22-7-5-11(6-8-22)15(23)13-4-3-12(25-2)9-14(13)18/h3-4,9,11H,5-8H2,1-2H3,(H3,19,20,21,24,26). The van der Waals surface area contributed by atoms with Crippen molar-refractivity contribution in [3.63, 3.8) is 0 Å². The van der Waals surface area contributed by atoms with Crippen LogP contribution in [-0.2, 0) is 0 Å². The fraction of sp³-hybridized carbons (Fsp3) is 0.412. The van der Waals surface area contributed by atoms with Crippen molar-refractivity contribution in [3.8, 4) is 5.75 Å². The molecule has 0 aromatic heterocycles. The fourth-order valence-corrected chi connectivity index (χ4v) is 2.98. The summed E-state index contributed by atoms with van der Waals surface area (Å²) in [4.78, 5) is 30.0. The van der Waals surface area contributed by atoms with Crippen molar-refractivity contribution in [1.82, 2.24) is 10.2 Å². The molecule has 9 heteroatoms. The number of urea groups is 1. The van der Waals surface area contributed by atoms with Crippen LogP contribution in [0.5, 0.6) is 5.75 Å². The van der Waals surface area contributed by atoms with Gasteiger partial charge in [-0.25, -0.2) is 14.2 Å². The van der Waals surface area contributed by atoms with Crippen molar-refractivity contribution in [2.24, 2.45) is 16.6 Å². The smallest absolute Gasteiger partial charge is 0.323 e. The molecule has 0 atom stereocenters. The summed E-state index contributed by atoms with van der Waals surface area (Å²) in [6, 6.07) is 3.79. The van der Waals surface area contributed by atoms with Crippen molar-refractivity contribution in [2.45, 2.75) is 19.8 Å². The van der Waals surface area contributed by atoms with Gasteiger partial charge in [-0.15, -0.1) is 0 Å². The van der Waals surface area contributed by atoms with E-state index >= 15 is 0 Å². The Morgan fingerprint density at radius 3 is 2.58 bits per heavy atom. The SMILES string of the molecule is COc1ccc(C(=O)C2CCN(C(=O)NC(=S)/N=C(/C)N)CC2)c(F)c1. The molecule has 0 spiro atoms. The summed E-state index contributed by atoms with van der Waals surface area (Å²) in [6.45, 7) is 2.30. The Balaban J connectivity index is 1.93. The molecule has 0 aliphatic carbocycles. The molecule has 2 amide bonds. The number of nitrogens with one attached hydrogen (secondary N) is 1. The van der Waals surface area contributed by atoms with Gasteiger partial charge in [0.25, 0.3) is 0 Å². The first-order valence-electron chi connectivity index (χ1n) is 8.10. The molecule has 140 valence electrons. The monoisotopic (exact) mass is 380 g/mol. The first-order valence-corrected chi connectivity index (χ1v) is 8.51. The maximum absolute atomic E-state index is 14.1. The topological polar surface area (TPSA) is 97.0 Å². The molecule has 1 aliphatic rings. The molecule has 3 N–H and O–H groups in total. The van der Waals surface area contributed by atoms with E-state index in [2.05, 4.69) is 10.3 Å². The predicted molar refractivity (Wildman–Crippen MR) is 100 cm³/mol. The fourth-order valence-electron chi connectivity index (χ4n) is 2.75. The number of carbonyl (C=O) groups is 2. The Morgan fingerprint density at radius 2 is 2.04 bits per heavy atom. The number of amides is 2. The average molecular weight is 380 g/mol. The van der Waals surface area contributed by atoms with Crippen LogP contribution in [0.4, 0.5) is 9.18 Å². The number of nitrogens with two attached hydrogens (primary N) is 1. The normalized spacial score (nSPS) is 15.5. The Bertz CT molecular complexity index is 742. The molecule has 1 aliphatic heterocycles. The van der Waals surface area contributed by atoms with E-state index in [-0.39, 0.29) is 34.2 Å². The molecular formula is C17H21FN4O3S. The number of piperidine rings is 1. The van der Waals surface area contributed by atoms with Crippen LogP contribution in [0.15, 0.2) is 23.2 Å². The summed E-state index contributed by atoms with van der Waals surface area (Å²) in [5, 5.41) is 2.46. The number of ether oxygens (including phenoxy) is 1. The van der Waals surface area contributed by atoms with Crippen molar-refractivity contribution >= 4 is 35.0 Å². The summed E-state index contributed by atoms with van der Waals surface area (Å²) in [6.07, 6.45) is 0.896. The van der Waals surface area contributed by atoms with Gasteiger partial charge < -0.3 is 15.4 Å². The molecule has 0 saturated carbocycles. The zero-order valence-corrected chi connectivity index (χ0v) is 15.4. The number of amidine groups is 1. The number of Topliss-reactive ketones (excluding diaryl/α,β-unsaturated/α-hetero) is 1. The van der Waals surface area contributed by atoms with Crippen LogP contribution in [0.1, 0.15) is 30.1 Å². The highest BCUT2D eigenvalue weighted by atomic mass is 32.1. The van der Waals surface area contributed by atoms with Crippen molar-refractivity contribution in [3.05, 3.63) is 29.6 Å². The van der Waals surface area contributed by atoms with Crippen LogP contribution in [0, 0.1) is 11.7 Å². The van der Waals surface area contributed by atoms with E-state index in [1.165, 1.54) is 19.2 Å². The number of thiocarbonyl (C=S) groups is 1. The third-order valence-corrected chi connectivity index (χ3v) is 4.28. The van der Waals surface area contributed by atoms with E-state index in [1.54, 1.807) is 17.9 Å². The van der Waals surface area contributed by atoms with E-state index < -0.39 is 5.82 Å². The maximum atomic E-state index is 14.1. The van der Waals surface area contributed by atoms with Crippen LogP contribution < -0.4 is 15.8 Å². The van der Waals surface area contributed by atoms with E-state index in [0.29, 0.717) is 31.7 Å². The number of halogens is 1. The van der Waals surface area contributed by atoms with Gasteiger partial charge in [-0.3, -0.25) is 10.1 Å². The summed E-state index contributed by atoms with van der Waals surface area (Å²) in [7, 11) is 1.43. The Labute approximate surface area is 156 Å². The van der Waals surface area contributed by atoms with Crippen molar-refractivity contribution in [2.75, 3.05) is 20.2 Å². The zero-order chi connectivity index (χ0) is 19.3. The van der Waals surface area contributed by atoms with Gasteiger partial charge in [0.05, 0.1) is 18.5 Å². The number of hydrogen-bond acceptors (Lipinski definition) is 4. The van der Waals surface area contributed by atoms with Crippen LogP contribution in [0.2, 0.25) is 0 Å². The minimum Gasteiger partial charge on any atom is -0.497 e. The average Bonchev–Trinajstić information content (AvgIpc) is 2.60. The molecule has 0 unspecified atom stereocenters. The molecule has 0 radical (unpaired) electrons. The van der Waals surface area contributed by atoms with Crippen LogP contribution in [0.3, 0.4) is 0 Å². The zero-order valence-electron chi connectivity index (χ0n) is 14.6. The highest BCUT2D eigenvalue weighted by Crippen LogP contribution is 2.25. The molecule has 0 bridgehead atoms. The number of rotatable bonds is 3. The van der Waals surface area contributed by atoms with Gasteiger partial charge in [0.15, 0.2) is 5.78 Å². The third-order valence-electron chi connectivity index (χ3n) is 4.09. The lowest BCUT2D eigenvalue weighted by Crippen LogP contribution is -2.46. The summed E-state index contributed by atoms with van der Waals surface area (Å²) in [5.74, 6) is -0.588. The second-order valence-electron chi connectivity index (χ2n) is 5.96. The van der Waals surface area contributed by atoms with E-state index in [4.69, 9.17) is 22.7 Å². The molecule has 1 aromatic carbocycles. The molecular weight excluding hydrogens is 359 g/mol. The predicted octanol–water partition coefficient (Wildman–Crippen LogP) is 2.10. The lowest BCUT2D eigenvalue weighted by molar-refractivity contribution is 0.0852. The lowest BCUT2D eigenvalue weighted by Gasteiger charge is -2.31. The molecule has 7 nitrogen and oxygen atoms in total. The maximum Gasteiger partial charge on any atom is 0.323 e. The number of benzene rings is 1. The largest absolute Gasteiger partial charge is 0.497 e. The molecule has 1 aromatic rings. The van der Waals surface area contributed by atoms with Crippen LogP contribution in [-0.4, -0.2) is 47.9 Å². The van der Waals surface area contributed by atoms with E-state index in [9.17, 15) is 14.0 Å². The lowest BCUT2D eigenvalue weighted by atomic mass is 9.88. The quantitative estimate of drug-likeness (QED) is 0.362. The van der Waals surface area contributed by atoms with Gasteiger partial charge in [-0.1, -0.05) is 0 Å². The highest BCUT2D eigenvalue weighted by Gasteiger charge is 2.29. The number of nitrogens with zero attached hydrogens (tertiary/aromatic N) is 2. The first-order chi connectivity index (χ1) is 12.3.